The summed E-state index contributed by atoms with van der Waals surface area (Å²) in [5.41, 5.74) is 1.92. The zero-order valence-electron chi connectivity index (χ0n) is 11.4. The fraction of sp³-hybridized carbons (Fsp3) is 0.286. The zero-order chi connectivity index (χ0) is 14.4. The number of rotatable bonds is 6. The van der Waals surface area contributed by atoms with Crippen molar-refractivity contribution in [3.8, 4) is 5.75 Å². The fourth-order valence-electron chi connectivity index (χ4n) is 1.63. The average molecular weight is 294 g/mol. The number of anilines is 2. The summed E-state index contributed by atoms with van der Waals surface area (Å²) in [7, 11) is 1.64. The molecular formula is C14H16ClN3O2. The molecule has 0 aliphatic carbocycles. The van der Waals surface area contributed by atoms with Gasteiger partial charge in [0, 0.05) is 7.11 Å². The minimum absolute atomic E-state index is 0.455. The summed E-state index contributed by atoms with van der Waals surface area (Å²) >= 11 is 6.04. The molecule has 0 bridgehead atoms. The standard InChI is InChI=1S/C14H16ClN3O2/c1-10-3-4-13(20-6-5-19-2)12(7-10)18-14-11(15)8-16-9-17-14/h3-4,7-9H,5-6H2,1-2H3,(H,16,17,18). The number of hydrogen-bond acceptors (Lipinski definition) is 5. The van der Waals surface area contributed by atoms with Gasteiger partial charge in [-0.15, -0.1) is 0 Å². The summed E-state index contributed by atoms with van der Waals surface area (Å²) < 4.78 is 10.6. The molecule has 2 rings (SSSR count). The highest BCUT2D eigenvalue weighted by Crippen LogP contribution is 2.30. The van der Waals surface area contributed by atoms with Crippen LogP contribution in [-0.4, -0.2) is 30.3 Å². The quantitative estimate of drug-likeness (QED) is 0.829. The van der Waals surface area contributed by atoms with E-state index in [9.17, 15) is 0 Å². The van der Waals surface area contributed by atoms with Gasteiger partial charge in [-0.3, -0.25) is 0 Å². The van der Waals surface area contributed by atoms with Crippen LogP contribution < -0.4 is 10.1 Å². The Hall–Kier alpha value is -1.85. The number of benzene rings is 1. The minimum Gasteiger partial charge on any atom is -0.489 e. The van der Waals surface area contributed by atoms with Gasteiger partial charge in [-0.1, -0.05) is 17.7 Å². The van der Waals surface area contributed by atoms with Gasteiger partial charge < -0.3 is 14.8 Å². The van der Waals surface area contributed by atoms with Crippen LogP contribution in [0.4, 0.5) is 11.5 Å². The molecule has 0 unspecified atom stereocenters. The number of ether oxygens (including phenoxy) is 2. The van der Waals surface area contributed by atoms with Crippen molar-refractivity contribution in [3.63, 3.8) is 0 Å². The van der Waals surface area contributed by atoms with E-state index < -0.39 is 0 Å². The zero-order valence-corrected chi connectivity index (χ0v) is 12.1. The molecule has 106 valence electrons. The van der Waals surface area contributed by atoms with E-state index in [-0.39, 0.29) is 0 Å². The molecule has 5 nitrogen and oxygen atoms in total. The van der Waals surface area contributed by atoms with Gasteiger partial charge in [0.1, 0.15) is 23.7 Å². The molecule has 1 aromatic heterocycles. The first-order valence-corrected chi connectivity index (χ1v) is 6.53. The highest BCUT2D eigenvalue weighted by atomic mass is 35.5. The second-order valence-electron chi connectivity index (χ2n) is 4.19. The number of nitrogens with one attached hydrogen (secondary N) is 1. The maximum atomic E-state index is 6.04. The van der Waals surface area contributed by atoms with Crippen LogP contribution in [-0.2, 0) is 4.74 Å². The maximum absolute atomic E-state index is 6.04. The lowest BCUT2D eigenvalue weighted by molar-refractivity contribution is 0.146. The summed E-state index contributed by atoms with van der Waals surface area (Å²) in [6.45, 7) is 3.01. The normalized spacial score (nSPS) is 10.3. The summed E-state index contributed by atoms with van der Waals surface area (Å²) in [4.78, 5) is 7.96. The number of halogens is 1. The number of hydrogen-bond donors (Lipinski definition) is 1. The lowest BCUT2D eigenvalue weighted by atomic mass is 10.2. The smallest absolute Gasteiger partial charge is 0.152 e. The van der Waals surface area contributed by atoms with Gasteiger partial charge in [-0.25, -0.2) is 9.97 Å². The van der Waals surface area contributed by atoms with E-state index >= 15 is 0 Å². The molecule has 0 saturated heterocycles. The number of nitrogens with zero attached hydrogens (tertiary/aromatic N) is 2. The topological polar surface area (TPSA) is 56.3 Å². The molecule has 0 fully saturated rings. The molecule has 0 amide bonds. The third-order valence-electron chi connectivity index (χ3n) is 2.60. The monoisotopic (exact) mass is 293 g/mol. The Morgan fingerprint density at radius 1 is 1.30 bits per heavy atom. The Morgan fingerprint density at radius 2 is 2.15 bits per heavy atom. The van der Waals surface area contributed by atoms with E-state index in [2.05, 4.69) is 15.3 Å². The second kappa shape index (κ2) is 7.07. The van der Waals surface area contributed by atoms with Crippen LogP contribution in [0, 0.1) is 6.92 Å². The molecule has 0 atom stereocenters. The van der Waals surface area contributed by atoms with Gasteiger partial charge in [-0.2, -0.15) is 0 Å². The molecule has 0 spiro atoms. The Morgan fingerprint density at radius 3 is 2.90 bits per heavy atom. The van der Waals surface area contributed by atoms with E-state index in [0.29, 0.717) is 24.1 Å². The molecule has 1 aromatic carbocycles. The van der Waals surface area contributed by atoms with Crippen molar-refractivity contribution in [2.75, 3.05) is 25.6 Å². The first-order chi connectivity index (χ1) is 9.70. The molecule has 0 aliphatic heterocycles. The second-order valence-corrected chi connectivity index (χ2v) is 4.59. The lowest BCUT2D eigenvalue weighted by Crippen LogP contribution is -2.06. The fourth-order valence-corrected chi connectivity index (χ4v) is 1.79. The van der Waals surface area contributed by atoms with Crippen molar-refractivity contribution in [1.29, 1.82) is 0 Å². The Labute approximate surface area is 122 Å². The Balaban J connectivity index is 2.21. The third-order valence-corrected chi connectivity index (χ3v) is 2.88. The summed E-state index contributed by atoms with van der Waals surface area (Å²) in [5.74, 6) is 1.27. The number of methoxy groups -OCH3 is 1. The number of aromatic nitrogens is 2. The molecular weight excluding hydrogens is 278 g/mol. The SMILES string of the molecule is COCCOc1ccc(C)cc1Nc1ncncc1Cl. The summed E-state index contributed by atoms with van der Waals surface area (Å²) in [5, 5.41) is 3.62. The predicted octanol–water partition coefficient (Wildman–Crippen LogP) is 3.21. The van der Waals surface area contributed by atoms with Crippen molar-refractivity contribution >= 4 is 23.1 Å². The molecule has 0 aliphatic rings. The van der Waals surface area contributed by atoms with E-state index in [0.717, 1.165) is 17.0 Å². The van der Waals surface area contributed by atoms with Crippen LogP contribution in [0.15, 0.2) is 30.7 Å². The molecule has 0 radical (unpaired) electrons. The van der Waals surface area contributed by atoms with Crippen LogP contribution in [0.2, 0.25) is 5.02 Å². The van der Waals surface area contributed by atoms with Gasteiger partial charge in [0.15, 0.2) is 5.82 Å². The van der Waals surface area contributed by atoms with Crippen LogP contribution in [0.3, 0.4) is 0 Å². The van der Waals surface area contributed by atoms with Gasteiger partial charge >= 0.3 is 0 Å². The van der Waals surface area contributed by atoms with Crippen molar-refractivity contribution in [2.45, 2.75) is 6.92 Å². The van der Waals surface area contributed by atoms with Gasteiger partial charge in [0.25, 0.3) is 0 Å². The maximum Gasteiger partial charge on any atom is 0.152 e. The molecule has 2 aromatic rings. The van der Waals surface area contributed by atoms with E-state index in [4.69, 9.17) is 21.1 Å². The highest BCUT2D eigenvalue weighted by Gasteiger charge is 2.08. The van der Waals surface area contributed by atoms with Crippen LogP contribution >= 0.6 is 11.6 Å². The average Bonchev–Trinajstić information content (AvgIpc) is 2.44. The summed E-state index contributed by atoms with van der Waals surface area (Å²) in [6, 6.07) is 5.86. The molecule has 6 heteroatoms. The van der Waals surface area contributed by atoms with E-state index in [1.54, 1.807) is 7.11 Å². The Kier molecular flexibility index (Phi) is 5.15. The van der Waals surface area contributed by atoms with Crippen molar-refractivity contribution < 1.29 is 9.47 Å². The summed E-state index contributed by atoms with van der Waals surface area (Å²) in [6.07, 6.45) is 2.98. The molecule has 1 N–H and O–H groups in total. The highest BCUT2D eigenvalue weighted by molar-refractivity contribution is 6.32. The minimum atomic E-state index is 0.455. The Bertz CT molecular complexity index is 578. The first-order valence-electron chi connectivity index (χ1n) is 6.15. The van der Waals surface area contributed by atoms with Crippen molar-refractivity contribution in [2.24, 2.45) is 0 Å². The van der Waals surface area contributed by atoms with Crippen molar-refractivity contribution in [1.82, 2.24) is 9.97 Å². The van der Waals surface area contributed by atoms with Crippen LogP contribution in [0.1, 0.15) is 5.56 Å². The largest absolute Gasteiger partial charge is 0.489 e. The van der Waals surface area contributed by atoms with E-state index in [1.165, 1.54) is 12.5 Å². The third kappa shape index (κ3) is 3.82. The molecule has 20 heavy (non-hydrogen) atoms. The van der Waals surface area contributed by atoms with Gasteiger partial charge in [0.2, 0.25) is 0 Å². The molecule has 0 saturated carbocycles. The molecule has 1 heterocycles. The van der Waals surface area contributed by atoms with Crippen LogP contribution in [0.25, 0.3) is 0 Å². The predicted molar refractivity (Wildman–Crippen MR) is 78.9 cm³/mol. The van der Waals surface area contributed by atoms with Gasteiger partial charge in [0.05, 0.1) is 18.5 Å². The van der Waals surface area contributed by atoms with E-state index in [1.807, 2.05) is 25.1 Å². The van der Waals surface area contributed by atoms with Crippen LogP contribution in [0.5, 0.6) is 5.75 Å². The first kappa shape index (κ1) is 14.6. The lowest BCUT2D eigenvalue weighted by Gasteiger charge is -2.14. The number of aryl methyl sites for hydroxylation is 1. The van der Waals surface area contributed by atoms with Gasteiger partial charge in [-0.05, 0) is 24.6 Å². The van der Waals surface area contributed by atoms with Crippen molar-refractivity contribution in [3.05, 3.63) is 41.3 Å².